The number of ether oxygens (including phenoxy) is 1. The summed E-state index contributed by atoms with van der Waals surface area (Å²) in [6.45, 7) is 5.23. The van der Waals surface area contributed by atoms with E-state index in [1.807, 2.05) is 74.5 Å². The van der Waals surface area contributed by atoms with Crippen molar-refractivity contribution in [1.29, 1.82) is 0 Å². The highest BCUT2D eigenvalue weighted by molar-refractivity contribution is 5.94. The topological polar surface area (TPSA) is 140 Å². The molecular weight excluding hydrogens is 582 g/mol. The predicted octanol–water partition coefficient (Wildman–Crippen LogP) is 4.33. The third-order valence-electron chi connectivity index (χ3n) is 7.63. The molecular formula is C37H43N3O6. The highest BCUT2D eigenvalue weighted by Gasteiger charge is 2.13. The Labute approximate surface area is 270 Å². The molecule has 9 nitrogen and oxygen atoms in total. The van der Waals surface area contributed by atoms with E-state index in [1.165, 1.54) is 6.07 Å². The van der Waals surface area contributed by atoms with Gasteiger partial charge < -0.3 is 36.0 Å². The lowest BCUT2D eigenvalue weighted by Gasteiger charge is -2.18. The molecule has 2 amide bonds. The number of carbonyl (C=O) groups is 2. The number of phenols is 1. The molecule has 0 fully saturated rings. The fraction of sp³-hybridized carbons (Fsp3) is 0.297. The Morgan fingerprint density at radius 2 is 1.59 bits per heavy atom. The minimum atomic E-state index is -0.786. The van der Waals surface area contributed by atoms with Crippen molar-refractivity contribution < 1.29 is 29.6 Å². The summed E-state index contributed by atoms with van der Waals surface area (Å²) in [5, 5.41) is 38.9. The Hall–Kier alpha value is -4.70. The lowest BCUT2D eigenvalue weighted by Crippen LogP contribution is -2.32. The molecule has 0 aliphatic rings. The largest absolute Gasteiger partial charge is 0.508 e. The molecule has 0 aliphatic carbocycles. The van der Waals surface area contributed by atoms with Crippen molar-refractivity contribution in [2.75, 3.05) is 13.2 Å². The van der Waals surface area contributed by atoms with Crippen molar-refractivity contribution in [3.05, 3.63) is 130 Å². The Morgan fingerprint density at radius 1 is 0.826 bits per heavy atom. The van der Waals surface area contributed by atoms with Crippen LogP contribution in [0.5, 0.6) is 11.5 Å². The molecule has 0 saturated heterocycles. The average molecular weight is 626 g/mol. The molecule has 46 heavy (non-hydrogen) atoms. The monoisotopic (exact) mass is 625 g/mol. The molecule has 0 bridgehead atoms. The first kappa shape index (κ1) is 34.2. The third-order valence-corrected chi connectivity index (χ3v) is 7.63. The molecule has 4 aromatic carbocycles. The number of hydrogen-bond donors (Lipinski definition) is 6. The molecule has 0 saturated carbocycles. The Morgan fingerprint density at radius 3 is 2.35 bits per heavy atom. The van der Waals surface area contributed by atoms with Gasteiger partial charge in [0.25, 0.3) is 5.91 Å². The van der Waals surface area contributed by atoms with Crippen LogP contribution in [0, 0.1) is 0 Å². The molecule has 6 N–H and O–H groups in total. The number of para-hydroxylation sites is 1. The molecule has 9 heteroatoms. The molecule has 242 valence electrons. The number of aromatic hydroxyl groups is 1. The van der Waals surface area contributed by atoms with Crippen LogP contribution < -0.4 is 20.7 Å². The first-order valence-corrected chi connectivity index (χ1v) is 15.5. The second-order valence-electron chi connectivity index (χ2n) is 11.3. The zero-order chi connectivity index (χ0) is 32.9. The molecule has 0 heterocycles. The number of aliphatic hydroxyl groups excluding tert-OH is 2. The minimum absolute atomic E-state index is 0.000565. The van der Waals surface area contributed by atoms with Crippen molar-refractivity contribution >= 4 is 11.8 Å². The first-order valence-electron chi connectivity index (χ1n) is 15.5. The summed E-state index contributed by atoms with van der Waals surface area (Å²) in [6, 6.07) is 27.5. The van der Waals surface area contributed by atoms with Gasteiger partial charge in [0.2, 0.25) is 5.91 Å². The van der Waals surface area contributed by atoms with E-state index in [1.54, 1.807) is 24.3 Å². The summed E-state index contributed by atoms with van der Waals surface area (Å²) >= 11 is 0. The van der Waals surface area contributed by atoms with E-state index < -0.39 is 6.10 Å². The number of nitrogens with one attached hydrogen (secondary N) is 3. The quantitative estimate of drug-likeness (QED) is 0.109. The standard InChI is InChI=1S/C37H43N3O6/c1-3-46-35-10-5-4-9-31(35)22-40-37(45)29-13-11-26(12-14-29)21-39-36(44)19-28-8-6-7-27(18-28)17-25(2)38-23-34(43)30-15-16-33(42)32(20-30)24-41/h4-16,18,20,25,34,38,41-43H,3,17,19,21-24H2,1-2H3,(H,39,44)(H,40,45)/t25-,34-/m1/s1. The lowest BCUT2D eigenvalue weighted by molar-refractivity contribution is -0.120. The van der Waals surface area contributed by atoms with Gasteiger partial charge in [-0.15, -0.1) is 0 Å². The molecule has 0 spiro atoms. The predicted molar refractivity (Wildman–Crippen MR) is 177 cm³/mol. The fourth-order valence-corrected chi connectivity index (χ4v) is 5.11. The van der Waals surface area contributed by atoms with Crippen LogP contribution in [0.3, 0.4) is 0 Å². The van der Waals surface area contributed by atoms with Crippen molar-refractivity contribution in [2.24, 2.45) is 0 Å². The Bertz CT molecular complexity index is 1590. The average Bonchev–Trinajstić information content (AvgIpc) is 3.06. The molecule has 0 radical (unpaired) electrons. The lowest BCUT2D eigenvalue weighted by atomic mass is 10.0. The SMILES string of the molecule is CCOc1ccccc1CNC(=O)c1ccc(CNC(=O)Cc2cccc(C[C@@H](C)NC[C@@H](O)c3ccc(O)c(CO)c3)c2)cc1. The minimum Gasteiger partial charge on any atom is -0.508 e. The van der Waals surface area contributed by atoms with Crippen molar-refractivity contribution in [3.63, 3.8) is 0 Å². The first-order chi connectivity index (χ1) is 22.2. The van der Waals surface area contributed by atoms with Crippen molar-refractivity contribution in [1.82, 2.24) is 16.0 Å². The summed E-state index contributed by atoms with van der Waals surface area (Å²) in [5.41, 5.74) is 5.31. The Balaban J connectivity index is 1.20. The van der Waals surface area contributed by atoms with Crippen molar-refractivity contribution in [2.45, 2.75) is 58.5 Å². The van der Waals surface area contributed by atoms with E-state index in [2.05, 4.69) is 16.0 Å². The number of carbonyl (C=O) groups excluding carboxylic acids is 2. The molecule has 0 unspecified atom stereocenters. The van der Waals surface area contributed by atoms with Gasteiger partial charge in [-0.05, 0) is 72.9 Å². The van der Waals surface area contributed by atoms with Gasteiger partial charge in [0.05, 0.1) is 25.7 Å². The zero-order valence-corrected chi connectivity index (χ0v) is 26.3. The summed E-state index contributed by atoms with van der Waals surface area (Å²) in [4.78, 5) is 25.4. The molecule has 4 aromatic rings. The zero-order valence-electron chi connectivity index (χ0n) is 26.3. The van der Waals surface area contributed by atoms with Crippen LogP contribution in [0.1, 0.15) is 63.7 Å². The van der Waals surface area contributed by atoms with Crippen LogP contribution in [-0.4, -0.2) is 46.3 Å². The van der Waals surface area contributed by atoms with E-state index in [-0.39, 0.29) is 36.6 Å². The summed E-state index contributed by atoms with van der Waals surface area (Å²) in [7, 11) is 0. The van der Waals surface area contributed by atoms with Crippen LogP contribution in [-0.2, 0) is 37.3 Å². The highest BCUT2D eigenvalue weighted by atomic mass is 16.5. The summed E-state index contributed by atoms with van der Waals surface area (Å²) < 4.78 is 5.63. The Kier molecular flexibility index (Phi) is 12.7. The fourth-order valence-electron chi connectivity index (χ4n) is 5.11. The second kappa shape index (κ2) is 17.1. The highest BCUT2D eigenvalue weighted by Crippen LogP contribution is 2.22. The van der Waals surface area contributed by atoms with E-state index in [0.29, 0.717) is 49.4 Å². The van der Waals surface area contributed by atoms with Gasteiger partial charge in [0.15, 0.2) is 0 Å². The maximum atomic E-state index is 12.7. The molecule has 2 atom stereocenters. The molecule has 0 aromatic heterocycles. The number of rotatable bonds is 16. The van der Waals surface area contributed by atoms with Gasteiger partial charge in [-0.2, -0.15) is 0 Å². The van der Waals surface area contributed by atoms with Crippen LogP contribution in [0.15, 0.2) is 91.0 Å². The maximum Gasteiger partial charge on any atom is 0.251 e. The van der Waals surface area contributed by atoms with E-state index >= 15 is 0 Å². The van der Waals surface area contributed by atoms with E-state index in [0.717, 1.165) is 28.0 Å². The van der Waals surface area contributed by atoms with Gasteiger partial charge in [0, 0.05) is 42.4 Å². The maximum absolute atomic E-state index is 12.7. The normalized spacial score (nSPS) is 12.3. The van der Waals surface area contributed by atoms with Gasteiger partial charge >= 0.3 is 0 Å². The van der Waals surface area contributed by atoms with Gasteiger partial charge in [-0.1, -0.05) is 60.7 Å². The van der Waals surface area contributed by atoms with Crippen LogP contribution in [0.2, 0.25) is 0 Å². The van der Waals surface area contributed by atoms with Crippen LogP contribution in [0.25, 0.3) is 0 Å². The van der Waals surface area contributed by atoms with Gasteiger partial charge in [-0.25, -0.2) is 0 Å². The second-order valence-corrected chi connectivity index (χ2v) is 11.3. The summed E-state index contributed by atoms with van der Waals surface area (Å²) in [6.07, 6.45) is 0.163. The smallest absolute Gasteiger partial charge is 0.251 e. The number of aliphatic hydroxyl groups is 2. The van der Waals surface area contributed by atoms with E-state index in [4.69, 9.17) is 4.74 Å². The number of benzene rings is 4. The summed E-state index contributed by atoms with van der Waals surface area (Å²) in [5.74, 6) is 0.474. The van der Waals surface area contributed by atoms with Crippen LogP contribution in [0.4, 0.5) is 0 Å². The van der Waals surface area contributed by atoms with Gasteiger partial charge in [-0.3, -0.25) is 9.59 Å². The number of hydrogen-bond acceptors (Lipinski definition) is 7. The number of amides is 2. The van der Waals surface area contributed by atoms with Gasteiger partial charge in [0.1, 0.15) is 11.5 Å². The molecule has 4 rings (SSSR count). The third kappa shape index (κ3) is 10.2. The van der Waals surface area contributed by atoms with E-state index in [9.17, 15) is 24.9 Å². The molecule has 0 aliphatic heterocycles. The van der Waals surface area contributed by atoms with Crippen LogP contribution >= 0.6 is 0 Å². The van der Waals surface area contributed by atoms with Crippen molar-refractivity contribution in [3.8, 4) is 11.5 Å².